The van der Waals surface area contributed by atoms with Crippen molar-refractivity contribution in [1.82, 2.24) is 25.7 Å². The van der Waals surface area contributed by atoms with Crippen LogP contribution in [-0.4, -0.2) is 79.3 Å². The van der Waals surface area contributed by atoms with E-state index in [-0.39, 0.29) is 43.0 Å². The molecule has 2 saturated carbocycles. The minimum absolute atomic E-state index is 0.0380. The molecule has 0 aliphatic heterocycles. The monoisotopic (exact) mass is 807 g/mol. The highest BCUT2D eigenvalue weighted by Crippen LogP contribution is 2.63. The number of aromatic nitrogens is 2. The van der Waals surface area contributed by atoms with Crippen LogP contribution in [0.15, 0.2) is 85.3 Å². The van der Waals surface area contributed by atoms with Gasteiger partial charge in [0, 0.05) is 42.7 Å². The largest absolute Gasteiger partial charge is 0.493 e. The Bertz CT molecular complexity index is 2010. The van der Waals surface area contributed by atoms with Crippen molar-refractivity contribution >= 4 is 18.0 Å². The molecule has 59 heavy (non-hydrogen) atoms. The van der Waals surface area contributed by atoms with Gasteiger partial charge in [0.15, 0.2) is 11.5 Å². The number of H-pyrrole nitrogens is 1. The Labute approximate surface area is 346 Å². The van der Waals surface area contributed by atoms with Crippen LogP contribution in [0, 0.1) is 23.2 Å². The van der Waals surface area contributed by atoms with Gasteiger partial charge in [-0.05, 0) is 98.3 Å². The first-order valence-corrected chi connectivity index (χ1v) is 20.7. The molecule has 1 amide bonds. The second-order valence-corrected chi connectivity index (χ2v) is 16.7. The van der Waals surface area contributed by atoms with Crippen molar-refractivity contribution in [3.8, 4) is 11.5 Å². The van der Waals surface area contributed by atoms with Crippen molar-refractivity contribution in [3.63, 3.8) is 0 Å². The maximum absolute atomic E-state index is 14.3. The van der Waals surface area contributed by atoms with Crippen LogP contribution >= 0.6 is 0 Å². The van der Waals surface area contributed by atoms with E-state index < -0.39 is 18.1 Å². The van der Waals surface area contributed by atoms with E-state index in [1.54, 1.807) is 19.6 Å². The molecular formula is C46H57N5O8. The Balaban J connectivity index is 1.00. The van der Waals surface area contributed by atoms with Crippen LogP contribution in [0.1, 0.15) is 72.9 Å². The van der Waals surface area contributed by atoms with Crippen LogP contribution in [0.3, 0.4) is 0 Å². The van der Waals surface area contributed by atoms with E-state index in [9.17, 15) is 14.4 Å². The van der Waals surface area contributed by atoms with E-state index in [0.29, 0.717) is 30.8 Å². The first-order valence-electron chi connectivity index (χ1n) is 20.7. The van der Waals surface area contributed by atoms with E-state index in [2.05, 4.69) is 65.5 Å². The van der Waals surface area contributed by atoms with Crippen LogP contribution in [0.5, 0.6) is 11.5 Å². The lowest BCUT2D eigenvalue weighted by Crippen LogP contribution is -2.49. The number of hydrogen-bond acceptors (Lipinski definition) is 11. The van der Waals surface area contributed by atoms with Crippen molar-refractivity contribution in [2.75, 3.05) is 34.3 Å². The fourth-order valence-corrected chi connectivity index (χ4v) is 9.90. The minimum atomic E-state index is -0.879. The summed E-state index contributed by atoms with van der Waals surface area (Å²) < 4.78 is 24.0. The average Bonchev–Trinajstić information content (AvgIpc) is 3.86. The molecule has 13 heteroatoms. The highest BCUT2D eigenvalue weighted by atomic mass is 16.7. The quantitative estimate of drug-likeness (QED) is 0.0644. The summed E-state index contributed by atoms with van der Waals surface area (Å²) in [6.45, 7) is 3.77. The van der Waals surface area contributed by atoms with Gasteiger partial charge in [-0.25, -0.2) is 14.6 Å². The maximum atomic E-state index is 14.3. The predicted octanol–water partition coefficient (Wildman–Crippen LogP) is 6.53. The summed E-state index contributed by atoms with van der Waals surface area (Å²) in [5.41, 5.74) is 7.19. The minimum Gasteiger partial charge on any atom is -0.493 e. The van der Waals surface area contributed by atoms with Crippen molar-refractivity contribution in [2.24, 2.45) is 23.2 Å². The Kier molecular flexibility index (Phi) is 13.5. The van der Waals surface area contributed by atoms with Crippen LogP contribution in [0.25, 0.3) is 0 Å². The number of rotatable bonds is 16. The van der Waals surface area contributed by atoms with Gasteiger partial charge < -0.3 is 39.0 Å². The topological polar surface area (TPSA) is 153 Å². The van der Waals surface area contributed by atoms with Crippen molar-refractivity contribution in [3.05, 3.63) is 113 Å². The summed E-state index contributed by atoms with van der Waals surface area (Å²) in [5.74, 6) is 1.86. The number of amides is 1. The molecule has 314 valence electrons. The van der Waals surface area contributed by atoms with Crippen LogP contribution in [0.2, 0.25) is 0 Å². The van der Waals surface area contributed by atoms with Crippen molar-refractivity contribution in [1.29, 1.82) is 0 Å². The summed E-state index contributed by atoms with van der Waals surface area (Å²) >= 11 is 0. The SMILES string of the molecule is COc1cc2c(cc1OCc1ccccc1)CC[C@@H]1[C@@H]2CC[C@@]2(C)[C@H]1C[C@@H](CN(C)C)[C@@H]2OC(=O)[C@H](Cc1cnc[nH]1)NCCC(=O)ONC(=O)OCc1ccccc1. The smallest absolute Gasteiger partial charge is 0.441 e. The maximum Gasteiger partial charge on any atom is 0.441 e. The highest BCUT2D eigenvalue weighted by Gasteiger charge is 2.60. The molecule has 0 bridgehead atoms. The van der Waals surface area contributed by atoms with Crippen LogP contribution in [-0.2, 0) is 50.0 Å². The van der Waals surface area contributed by atoms with Crippen LogP contribution < -0.4 is 20.3 Å². The molecule has 7 rings (SSSR count). The van der Waals surface area contributed by atoms with Gasteiger partial charge in [0.2, 0.25) is 0 Å². The summed E-state index contributed by atoms with van der Waals surface area (Å²) in [6.07, 6.45) is 7.21. The van der Waals surface area contributed by atoms with Gasteiger partial charge in [-0.2, -0.15) is 0 Å². The van der Waals surface area contributed by atoms with Gasteiger partial charge in [0.25, 0.3) is 0 Å². The number of ether oxygens (including phenoxy) is 4. The molecule has 7 atom stereocenters. The lowest BCUT2D eigenvalue weighted by Gasteiger charge is -2.50. The second-order valence-electron chi connectivity index (χ2n) is 16.7. The first-order chi connectivity index (χ1) is 28.6. The Morgan fingerprint density at radius 2 is 1.73 bits per heavy atom. The Morgan fingerprint density at radius 3 is 2.42 bits per heavy atom. The number of nitrogens with zero attached hydrogens (tertiary/aromatic N) is 2. The predicted molar refractivity (Wildman–Crippen MR) is 220 cm³/mol. The molecule has 3 aromatic carbocycles. The van der Waals surface area contributed by atoms with Gasteiger partial charge in [-0.3, -0.25) is 4.79 Å². The first kappa shape index (κ1) is 41.7. The molecule has 3 aliphatic rings. The van der Waals surface area contributed by atoms with Gasteiger partial charge in [0.1, 0.15) is 25.4 Å². The molecule has 1 aromatic heterocycles. The highest BCUT2D eigenvalue weighted by molar-refractivity contribution is 5.77. The number of hydroxylamine groups is 1. The number of aryl methyl sites for hydroxylation is 1. The molecule has 2 fully saturated rings. The molecule has 0 saturated heterocycles. The summed E-state index contributed by atoms with van der Waals surface area (Å²) in [5, 5.41) is 3.23. The zero-order chi connectivity index (χ0) is 41.4. The molecule has 3 N–H and O–H groups in total. The van der Waals surface area contributed by atoms with E-state index in [1.165, 1.54) is 11.1 Å². The molecule has 0 radical (unpaired) electrons. The number of fused-ring (bicyclic) bond motifs is 5. The van der Waals surface area contributed by atoms with E-state index in [1.807, 2.05) is 54.0 Å². The fraction of sp³-hybridized carbons (Fsp3) is 0.478. The van der Waals surface area contributed by atoms with Gasteiger partial charge in [0.05, 0.1) is 19.9 Å². The number of carbonyl (C=O) groups is 3. The fourth-order valence-electron chi connectivity index (χ4n) is 9.90. The van der Waals surface area contributed by atoms with Crippen molar-refractivity contribution < 1.29 is 38.2 Å². The zero-order valence-corrected chi connectivity index (χ0v) is 34.5. The Hall–Kier alpha value is -5.40. The number of nitrogens with one attached hydrogen (secondary N) is 3. The van der Waals surface area contributed by atoms with E-state index in [4.69, 9.17) is 23.8 Å². The van der Waals surface area contributed by atoms with Gasteiger partial charge in [-0.1, -0.05) is 67.6 Å². The zero-order valence-electron chi connectivity index (χ0n) is 34.5. The molecule has 1 heterocycles. The molecule has 4 aromatic rings. The van der Waals surface area contributed by atoms with Gasteiger partial charge in [-0.15, -0.1) is 5.48 Å². The van der Waals surface area contributed by atoms with E-state index in [0.717, 1.165) is 67.0 Å². The number of hydrogen-bond donors (Lipinski definition) is 3. The van der Waals surface area contributed by atoms with E-state index >= 15 is 0 Å². The molecule has 0 unspecified atom stereocenters. The summed E-state index contributed by atoms with van der Waals surface area (Å²) in [4.78, 5) is 53.3. The molecule has 3 aliphatic carbocycles. The van der Waals surface area contributed by atoms with Crippen LogP contribution in [0.4, 0.5) is 4.79 Å². The third-order valence-electron chi connectivity index (χ3n) is 12.6. The van der Waals surface area contributed by atoms with Crippen molar-refractivity contribution in [2.45, 2.75) is 83.1 Å². The lowest BCUT2D eigenvalue weighted by molar-refractivity contribution is -0.163. The molecule has 13 nitrogen and oxygen atoms in total. The Morgan fingerprint density at radius 1 is 0.983 bits per heavy atom. The number of methoxy groups -OCH3 is 1. The molecule has 0 spiro atoms. The lowest BCUT2D eigenvalue weighted by atomic mass is 9.55. The number of imidazole rings is 1. The summed E-state index contributed by atoms with van der Waals surface area (Å²) in [7, 11) is 5.86. The number of aromatic amines is 1. The number of esters is 1. The second kappa shape index (κ2) is 19.1. The third kappa shape index (κ3) is 10.1. The standard InChI is InChI=1S/C46H57N5O8/c1-46-19-17-35-36(16-15-32-22-41(40(55-4)24-37(32)35)56-27-30-11-7-5-8-12-30)38(46)21-33(26-51(2)3)43(46)58-44(53)39(23-34-25-47-29-49-34)48-20-18-42(52)59-50-45(54)57-28-31-13-9-6-10-14-31/h5-14,22,24-25,29,33,35-36,38-39,43,48H,15-21,23,26-28H2,1-4H3,(H,47,49)(H,50,54)/t33-,35-,36+,38-,39-,43-,46-/m0/s1. The normalized spacial score (nSPS) is 23.6. The summed E-state index contributed by atoms with van der Waals surface area (Å²) in [6, 6.07) is 23.0. The number of carbonyl (C=O) groups excluding carboxylic acids is 3. The third-order valence-corrected chi connectivity index (χ3v) is 12.6. The number of benzene rings is 3. The molecular weight excluding hydrogens is 751 g/mol. The van der Waals surface area contributed by atoms with Gasteiger partial charge >= 0.3 is 18.0 Å². The average molecular weight is 808 g/mol.